The van der Waals surface area contributed by atoms with Crippen molar-refractivity contribution in [3.63, 3.8) is 0 Å². The van der Waals surface area contributed by atoms with Gasteiger partial charge in [0.1, 0.15) is 18.2 Å². The van der Waals surface area contributed by atoms with Crippen LogP contribution in [-0.4, -0.2) is 14.5 Å². The van der Waals surface area contributed by atoms with Gasteiger partial charge in [-0.1, -0.05) is 12.1 Å². The number of ether oxygens (including phenoxy) is 1. The number of hydrogen-bond acceptors (Lipinski definition) is 4. The predicted molar refractivity (Wildman–Crippen MR) is 78.1 cm³/mol. The van der Waals surface area contributed by atoms with Gasteiger partial charge in [0.2, 0.25) is 0 Å². The molecule has 0 N–H and O–H groups in total. The van der Waals surface area contributed by atoms with Crippen molar-refractivity contribution >= 4 is 16.7 Å². The molecule has 0 saturated heterocycles. The average Bonchev–Trinajstić information content (AvgIpc) is 2.82. The van der Waals surface area contributed by atoms with Crippen molar-refractivity contribution in [3.8, 4) is 5.75 Å². The Kier molecular flexibility index (Phi) is 3.27. The Bertz CT molecular complexity index is 794. The lowest BCUT2D eigenvalue weighted by molar-refractivity contribution is -0.384. The number of imidazole rings is 1. The van der Waals surface area contributed by atoms with E-state index in [9.17, 15) is 10.1 Å². The molecule has 0 aliphatic rings. The van der Waals surface area contributed by atoms with Crippen LogP contribution in [0.1, 0.15) is 5.82 Å². The summed E-state index contributed by atoms with van der Waals surface area (Å²) in [5.74, 6) is 1.38. The zero-order valence-electron chi connectivity index (χ0n) is 11.4. The van der Waals surface area contributed by atoms with E-state index in [2.05, 4.69) is 4.98 Å². The van der Waals surface area contributed by atoms with Gasteiger partial charge in [-0.15, -0.1) is 0 Å². The fourth-order valence-electron chi connectivity index (χ4n) is 2.14. The summed E-state index contributed by atoms with van der Waals surface area (Å²) >= 11 is 0. The van der Waals surface area contributed by atoms with Gasteiger partial charge in [0, 0.05) is 19.2 Å². The Morgan fingerprint density at radius 2 is 1.90 bits per heavy atom. The highest BCUT2D eigenvalue weighted by atomic mass is 16.6. The number of nitro benzene ring substituents is 1. The van der Waals surface area contributed by atoms with E-state index >= 15 is 0 Å². The smallest absolute Gasteiger partial charge is 0.269 e. The minimum atomic E-state index is -0.435. The van der Waals surface area contributed by atoms with Gasteiger partial charge in [-0.25, -0.2) is 4.98 Å². The lowest BCUT2D eigenvalue weighted by Crippen LogP contribution is -2.03. The molecule has 0 atom stereocenters. The van der Waals surface area contributed by atoms with E-state index in [0.29, 0.717) is 12.4 Å². The third-order valence-electron chi connectivity index (χ3n) is 3.30. The van der Waals surface area contributed by atoms with Crippen LogP contribution in [0.25, 0.3) is 11.0 Å². The lowest BCUT2D eigenvalue weighted by atomic mass is 10.3. The molecule has 6 heteroatoms. The standard InChI is InChI=1S/C15H13N3O3/c1-17-14-5-3-2-4-13(14)16-15(17)10-21-12-8-6-11(7-9-12)18(19)20/h2-9H,10H2,1H3. The summed E-state index contributed by atoms with van der Waals surface area (Å²) < 4.78 is 7.60. The van der Waals surface area contributed by atoms with Crippen LogP contribution < -0.4 is 4.74 Å². The lowest BCUT2D eigenvalue weighted by Gasteiger charge is -2.06. The van der Waals surface area contributed by atoms with E-state index in [4.69, 9.17) is 4.74 Å². The number of benzene rings is 2. The number of nitrogens with zero attached hydrogens (tertiary/aromatic N) is 3. The molecule has 1 heterocycles. The number of fused-ring (bicyclic) bond motifs is 1. The van der Waals surface area contributed by atoms with Gasteiger partial charge in [0.15, 0.2) is 0 Å². The molecule has 0 radical (unpaired) electrons. The Labute approximate surface area is 120 Å². The Morgan fingerprint density at radius 3 is 2.57 bits per heavy atom. The number of hydrogen-bond donors (Lipinski definition) is 0. The van der Waals surface area contributed by atoms with Crippen LogP contribution in [0.5, 0.6) is 5.75 Å². The third-order valence-corrected chi connectivity index (χ3v) is 3.30. The predicted octanol–water partition coefficient (Wildman–Crippen LogP) is 3.06. The van der Waals surface area contributed by atoms with E-state index in [1.807, 2.05) is 35.9 Å². The largest absolute Gasteiger partial charge is 0.486 e. The maximum absolute atomic E-state index is 10.6. The Hall–Kier alpha value is -2.89. The molecule has 0 amide bonds. The van der Waals surface area contributed by atoms with Gasteiger partial charge >= 0.3 is 0 Å². The molecule has 0 spiro atoms. The van der Waals surface area contributed by atoms with Crippen LogP contribution in [0.4, 0.5) is 5.69 Å². The number of aromatic nitrogens is 2. The van der Waals surface area contributed by atoms with Crippen LogP contribution in [0, 0.1) is 10.1 Å². The Balaban J connectivity index is 1.77. The first-order valence-corrected chi connectivity index (χ1v) is 6.43. The highest BCUT2D eigenvalue weighted by Gasteiger charge is 2.08. The molecular weight excluding hydrogens is 270 g/mol. The Morgan fingerprint density at radius 1 is 1.19 bits per heavy atom. The summed E-state index contributed by atoms with van der Waals surface area (Å²) in [6.45, 7) is 0.309. The summed E-state index contributed by atoms with van der Waals surface area (Å²) in [4.78, 5) is 14.7. The van der Waals surface area contributed by atoms with Crippen LogP contribution in [0.15, 0.2) is 48.5 Å². The van der Waals surface area contributed by atoms with Crippen LogP contribution in [-0.2, 0) is 13.7 Å². The molecule has 6 nitrogen and oxygen atoms in total. The summed E-state index contributed by atoms with van der Waals surface area (Å²) in [7, 11) is 1.93. The summed E-state index contributed by atoms with van der Waals surface area (Å²) in [5.41, 5.74) is 2.01. The second-order valence-electron chi connectivity index (χ2n) is 4.62. The summed E-state index contributed by atoms with van der Waals surface area (Å²) in [6, 6.07) is 13.9. The minimum Gasteiger partial charge on any atom is -0.486 e. The second-order valence-corrected chi connectivity index (χ2v) is 4.62. The average molecular weight is 283 g/mol. The molecule has 0 unspecified atom stereocenters. The molecular formula is C15H13N3O3. The highest BCUT2D eigenvalue weighted by Crippen LogP contribution is 2.19. The van der Waals surface area contributed by atoms with Gasteiger partial charge in [0.05, 0.1) is 16.0 Å². The normalized spacial score (nSPS) is 10.7. The molecule has 0 saturated carbocycles. The van der Waals surface area contributed by atoms with Crippen LogP contribution in [0.2, 0.25) is 0 Å². The third kappa shape index (κ3) is 2.55. The SMILES string of the molecule is Cn1c(COc2ccc([N+](=O)[O-])cc2)nc2ccccc21. The fourth-order valence-corrected chi connectivity index (χ4v) is 2.14. The topological polar surface area (TPSA) is 70.2 Å². The van der Waals surface area contributed by atoms with Crippen molar-refractivity contribution in [2.75, 3.05) is 0 Å². The minimum absolute atomic E-state index is 0.0464. The van der Waals surface area contributed by atoms with Crippen molar-refractivity contribution < 1.29 is 9.66 Å². The maximum Gasteiger partial charge on any atom is 0.269 e. The number of nitro groups is 1. The molecule has 3 aromatic rings. The fraction of sp³-hybridized carbons (Fsp3) is 0.133. The molecule has 0 aliphatic carbocycles. The van der Waals surface area contributed by atoms with Gasteiger partial charge in [-0.3, -0.25) is 10.1 Å². The molecule has 0 bridgehead atoms. The zero-order chi connectivity index (χ0) is 14.8. The first-order valence-electron chi connectivity index (χ1n) is 6.43. The molecule has 2 aromatic carbocycles. The zero-order valence-corrected chi connectivity index (χ0v) is 11.4. The van der Waals surface area contributed by atoms with E-state index in [-0.39, 0.29) is 5.69 Å². The summed E-state index contributed by atoms with van der Waals surface area (Å²) in [5, 5.41) is 10.6. The monoisotopic (exact) mass is 283 g/mol. The molecule has 0 fully saturated rings. The van der Waals surface area contributed by atoms with E-state index in [1.165, 1.54) is 12.1 Å². The maximum atomic E-state index is 10.6. The molecule has 3 rings (SSSR count). The van der Waals surface area contributed by atoms with Gasteiger partial charge in [-0.2, -0.15) is 0 Å². The highest BCUT2D eigenvalue weighted by molar-refractivity contribution is 5.75. The molecule has 106 valence electrons. The van der Waals surface area contributed by atoms with Crippen molar-refractivity contribution in [2.45, 2.75) is 6.61 Å². The molecule has 0 aliphatic heterocycles. The first-order chi connectivity index (χ1) is 10.1. The number of para-hydroxylation sites is 2. The van der Waals surface area contributed by atoms with E-state index in [0.717, 1.165) is 16.9 Å². The van der Waals surface area contributed by atoms with Crippen molar-refractivity contribution in [1.29, 1.82) is 0 Å². The van der Waals surface area contributed by atoms with Gasteiger partial charge in [-0.05, 0) is 24.3 Å². The number of non-ortho nitro benzene ring substituents is 1. The van der Waals surface area contributed by atoms with Gasteiger partial charge < -0.3 is 9.30 Å². The summed E-state index contributed by atoms with van der Waals surface area (Å²) in [6.07, 6.45) is 0. The van der Waals surface area contributed by atoms with Crippen LogP contribution >= 0.6 is 0 Å². The second kappa shape index (κ2) is 5.24. The molecule has 1 aromatic heterocycles. The van der Waals surface area contributed by atoms with Crippen molar-refractivity contribution in [1.82, 2.24) is 9.55 Å². The van der Waals surface area contributed by atoms with Crippen molar-refractivity contribution in [3.05, 3.63) is 64.5 Å². The van der Waals surface area contributed by atoms with E-state index in [1.54, 1.807) is 12.1 Å². The van der Waals surface area contributed by atoms with Crippen LogP contribution in [0.3, 0.4) is 0 Å². The number of aryl methyl sites for hydroxylation is 1. The number of rotatable bonds is 4. The quantitative estimate of drug-likeness (QED) is 0.545. The van der Waals surface area contributed by atoms with Gasteiger partial charge in [0.25, 0.3) is 5.69 Å². The molecule has 21 heavy (non-hydrogen) atoms. The van der Waals surface area contributed by atoms with Crippen molar-refractivity contribution in [2.24, 2.45) is 7.05 Å². The first kappa shape index (κ1) is 13.1. The van der Waals surface area contributed by atoms with E-state index < -0.39 is 4.92 Å².